The number of aryl methyl sites for hydroxylation is 1. The number of H-pyrrole nitrogens is 1. The van der Waals surface area contributed by atoms with Crippen LogP contribution in [0, 0.1) is 6.92 Å². The summed E-state index contributed by atoms with van der Waals surface area (Å²) in [6.07, 6.45) is 0.258. The molecular formula is C17H20N4O4. The number of nitrogens with one attached hydrogen (secondary N) is 1. The van der Waals surface area contributed by atoms with Crippen molar-refractivity contribution in [1.29, 1.82) is 0 Å². The standard InChI is InChI=1S/C17H20N4O4/c1-8-4-9(2)20-14-12-10(8)5-21(15(12)19-7-18-14)16-17(3,24)13(23)11(6-22)25-16/h4-5,7,11,13,16,22-24H,2,6H2,1,3H3,(H,18,19,20)/t11-,13-,16-,17?/m1/s1. The average molecular weight is 344 g/mol. The van der Waals surface area contributed by atoms with Gasteiger partial charge in [-0.05, 0) is 25.5 Å². The van der Waals surface area contributed by atoms with Gasteiger partial charge in [0.25, 0.3) is 0 Å². The first kappa shape index (κ1) is 16.2. The van der Waals surface area contributed by atoms with E-state index in [-0.39, 0.29) is 6.61 Å². The van der Waals surface area contributed by atoms with Gasteiger partial charge in [0.05, 0.1) is 12.0 Å². The molecule has 0 saturated carbocycles. The molecule has 8 nitrogen and oxygen atoms in total. The second kappa shape index (κ2) is 5.37. The predicted octanol–water partition coefficient (Wildman–Crippen LogP) is -0.0860. The van der Waals surface area contributed by atoms with Gasteiger partial charge in [-0.2, -0.15) is 0 Å². The van der Waals surface area contributed by atoms with E-state index < -0.39 is 24.0 Å². The van der Waals surface area contributed by atoms with Crippen LogP contribution in [0.25, 0.3) is 28.6 Å². The van der Waals surface area contributed by atoms with Crippen LogP contribution in [0.4, 0.5) is 0 Å². The topological polar surface area (TPSA) is 116 Å². The Kier molecular flexibility index (Phi) is 3.48. The van der Waals surface area contributed by atoms with Gasteiger partial charge in [0, 0.05) is 16.9 Å². The fourth-order valence-corrected chi connectivity index (χ4v) is 3.57. The van der Waals surface area contributed by atoms with Crippen molar-refractivity contribution in [2.75, 3.05) is 6.61 Å². The maximum Gasteiger partial charge on any atom is 0.167 e. The van der Waals surface area contributed by atoms with Gasteiger partial charge in [-0.3, -0.25) is 0 Å². The van der Waals surface area contributed by atoms with E-state index in [2.05, 4.69) is 21.5 Å². The van der Waals surface area contributed by atoms with Crippen molar-refractivity contribution in [1.82, 2.24) is 19.5 Å². The van der Waals surface area contributed by atoms with Gasteiger partial charge in [0.1, 0.15) is 35.4 Å². The predicted molar refractivity (Wildman–Crippen MR) is 91.3 cm³/mol. The second-order valence-corrected chi connectivity index (χ2v) is 6.73. The number of nitrogens with zero attached hydrogens (tertiary/aromatic N) is 3. The zero-order valence-corrected chi connectivity index (χ0v) is 14.0. The Balaban J connectivity index is 2.02. The van der Waals surface area contributed by atoms with Gasteiger partial charge < -0.3 is 29.6 Å². The molecule has 3 aromatic heterocycles. The maximum absolute atomic E-state index is 10.8. The van der Waals surface area contributed by atoms with Crippen LogP contribution in [0.5, 0.6) is 0 Å². The highest BCUT2D eigenvalue weighted by molar-refractivity contribution is 6.05. The van der Waals surface area contributed by atoms with Gasteiger partial charge in [0.2, 0.25) is 0 Å². The lowest BCUT2D eigenvalue weighted by atomic mass is 9.96. The molecule has 0 aliphatic carbocycles. The van der Waals surface area contributed by atoms with E-state index in [0.29, 0.717) is 11.3 Å². The molecule has 1 aliphatic rings. The number of ether oxygens (including phenoxy) is 1. The van der Waals surface area contributed by atoms with Crippen molar-refractivity contribution in [3.05, 3.63) is 29.5 Å². The lowest BCUT2D eigenvalue weighted by Crippen LogP contribution is -2.44. The monoisotopic (exact) mass is 344 g/mol. The van der Waals surface area contributed by atoms with Gasteiger partial charge >= 0.3 is 0 Å². The molecule has 1 aliphatic heterocycles. The third kappa shape index (κ3) is 2.22. The summed E-state index contributed by atoms with van der Waals surface area (Å²) in [6.45, 7) is 7.00. The minimum Gasteiger partial charge on any atom is -0.394 e. The highest BCUT2D eigenvalue weighted by Crippen LogP contribution is 2.41. The number of hydrogen-bond acceptors (Lipinski definition) is 6. The quantitative estimate of drug-likeness (QED) is 0.516. The van der Waals surface area contributed by atoms with Gasteiger partial charge in [-0.1, -0.05) is 6.58 Å². The molecule has 4 rings (SSSR count). The minimum absolute atomic E-state index is 0.388. The van der Waals surface area contributed by atoms with E-state index in [1.807, 2.05) is 19.2 Å². The molecule has 0 bridgehead atoms. The summed E-state index contributed by atoms with van der Waals surface area (Å²) in [5.41, 5.74) is 0.562. The zero-order valence-electron chi connectivity index (χ0n) is 14.0. The van der Waals surface area contributed by atoms with Crippen molar-refractivity contribution in [3.8, 4) is 0 Å². The fourth-order valence-electron chi connectivity index (χ4n) is 3.57. The van der Waals surface area contributed by atoms with Crippen LogP contribution >= 0.6 is 0 Å². The Bertz CT molecular complexity index is 1020. The number of hydrogen-bond donors (Lipinski definition) is 4. The Hall–Kier alpha value is -2.26. The maximum atomic E-state index is 10.8. The highest BCUT2D eigenvalue weighted by atomic mass is 16.6. The molecule has 4 heterocycles. The second-order valence-electron chi connectivity index (χ2n) is 6.73. The average Bonchev–Trinajstić information content (AvgIpc) is 3.00. The van der Waals surface area contributed by atoms with E-state index in [9.17, 15) is 15.3 Å². The SMILES string of the molecule is C=c1cc(C)c2cn([C@@H]3O[C@H](CO)[C@@H](O)C3(C)O)c3ncnc([nH]1)c23. The molecule has 0 amide bonds. The molecule has 8 heteroatoms. The largest absolute Gasteiger partial charge is 0.394 e. The Labute approximate surface area is 143 Å². The smallest absolute Gasteiger partial charge is 0.167 e. The summed E-state index contributed by atoms with van der Waals surface area (Å²) >= 11 is 0. The van der Waals surface area contributed by atoms with E-state index >= 15 is 0 Å². The molecule has 25 heavy (non-hydrogen) atoms. The normalized spacial score (nSPS) is 29.7. The van der Waals surface area contributed by atoms with Crippen molar-refractivity contribution >= 4 is 28.6 Å². The van der Waals surface area contributed by atoms with Crippen LogP contribution in [0.3, 0.4) is 0 Å². The number of aromatic nitrogens is 4. The molecule has 132 valence electrons. The highest BCUT2D eigenvalue weighted by Gasteiger charge is 2.53. The molecule has 1 unspecified atom stereocenters. The minimum atomic E-state index is -1.58. The summed E-state index contributed by atoms with van der Waals surface area (Å²) in [5.74, 6) is 0. The van der Waals surface area contributed by atoms with E-state index in [4.69, 9.17) is 4.74 Å². The lowest BCUT2D eigenvalue weighted by molar-refractivity contribution is -0.0947. The summed E-state index contributed by atoms with van der Waals surface area (Å²) in [5, 5.41) is 32.8. The first-order valence-corrected chi connectivity index (χ1v) is 8.01. The van der Waals surface area contributed by atoms with E-state index in [1.165, 1.54) is 13.3 Å². The number of aliphatic hydroxyl groups is 3. The Morgan fingerprint density at radius 2 is 2.20 bits per heavy atom. The summed E-state index contributed by atoms with van der Waals surface area (Å²) in [6, 6.07) is 1.90. The summed E-state index contributed by atoms with van der Waals surface area (Å²) in [7, 11) is 0. The van der Waals surface area contributed by atoms with Gasteiger partial charge in [-0.15, -0.1) is 0 Å². The molecule has 1 fully saturated rings. The molecule has 4 N–H and O–H groups in total. The first-order valence-electron chi connectivity index (χ1n) is 8.01. The van der Waals surface area contributed by atoms with E-state index in [1.54, 1.807) is 4.57 Å². The lowest BCUT2D eigenvalue weighted by Gasteiger charge is -2.27. The molecule has 0 radical (unpaired) electrons. The molecule has 0 aromatic carbocycles. The zero-order chi connectivity index (χ0) is 17.9. The Morgan fingerprint density at radius 3 is 2.88 bits per heavy atom. The molecule has 3 aromatic rings. The summed E-state index contributed by atoms with van der Waals surface area (Å²) in [4.78, 5) is 11.8. The van der Waals surface area contributed by atoms with Gasteiger partial charge in [-0.25, -0.2) is 9.97 Å². The van der Waals surface area contributed by atoms with Crippen LogP contribution in [-0.2, 0) is 4.74 Å². The van der Waals surface area contributed by atoms with Crippen molar-refractivity contribution in [2.24, 2.45) is 0 Å². The molecule has 4 atom stereocenters. The van der Waals surface area contributed by atoms with Crippen molar-refractivity contribution in [2.45, 2.75) is 37.9 Å². The van der Waals surface area contributed by atoms with Crippen molar-refractivity contribution in [3.63, 3.8) is 0 Å². The molecule has 1 saturated heterocycles. The van der Waals surface area contributed by atoms with Gasteiger partial charge in [0.15, 0.2) is 6.23 Å². The molecule has 0 spiro atoms. The van der Waals surface area contributed by atoms with Crippen molar-refractivity contribution < 1.29 is 20.1 Å². The number of aromatic amines is 1. The number of aliphatic hydroxyl groups excluding tert-OH is 2. The number of rotatable bonds is 2. The fraction of sp³-hybridized carbons (Fsp3) is 0.412. The van der Waals surface area contributed by atoms with Crippen LogP contribution in [0.15, 0.2) is 18.6 Å². The summed E-state index contributed by atoms with van der Waals surface area (Å²) < 4.78 is 7.42. The Morgan fingerprint density at radius 1 is 1.44 bits per heavy atom. The third-order valence-electron chi connectivity index (χ3n) is 4.89. The molecular weight excluding hydrogens is 324 g/mol. The first-order chi connectivity index (χ1) is 11.8. The third-order valence-corrected chi connectivity index (χ3v) is 4.89. The van der Waals surface area contributed by atoms with Crippen LogP contribution in [-0.4, -0.2) is 59.3 Å². The van der Waals surface area contributed by atoms with Crippen LogP contribution < -0.4 is 5.35 Å². The van der Waals surface area contributed by atoms with E-state index in [0.717, 1.165) is 21.7 Å². The van der Waals surface area contributed by atoms with Crippen LogP contribution in [0.1, 0.15) is 18.7 Å². The van der Waals surface area contributed by atoms with Crippen LogP contribution in [0.2, 0.25) is 0 Å².